The Morgan fingerprint density at radius 2 is 1.67 bits per heavy atom. The topological polar surface area (TPSA) is 48.6 Å². The Bertz CT molecular complexity index is 479. The molecule has 0 aromatic carbocycles. The molecular weight excluding hydrogens is 152 g/mol. The molecule has 0 unspecified atom stereocenters. The lowest BCUT2D eigenvalue weighted by Gasteiger charge is -1.91. The van der Waals surface area contributed by atoms with Gasteiger partial charge in [0.1, 0.15) is 5.52 Å². The van der Waals surface area contributed by atoms with E-state index in [1.165, 1.54) is 0 Å². The van der Waals surface area contributed by atoms with Crippen LogP contribution in [0.2, 0.25) is 0 Å². The van der Waals surface area contributed by atoms with E-state index >= 15 is 0 Å². The highest BCUT2D eigenvalue weighted by molar-refractivity contribution is 5.79. The Morgan fingerprint density at radius 3 is 2.33 bits per heavy atom. The third-order valence-electron chi connectivity index (χ3n) is 1.89. The van der Waals surface area contributed by atoms with E-state index in [2.05, 4.69) is 9.97 Å². The number of nitrogens with one attached hydrogen (secondary N) is 2. The number of hydrogen-bond acceptors (Lipinski definition) is 1. The largest absolute Gasteiger partial charge is 0.354 e. The van der Waals surface area contributed by atoms with Crippen LogP contribution in [0.4, 0.5) is 0 Å². The number of H-pyrrole nitrogens is 2. The molecule has 0 saturated carbocycles. The second kappa shape index (κ2) is 2.24. The average molecular weight is 162 g/mol. The summed E-state index contributed by atoms with van der Waals surface area (Å²) < 4.78 is 0. The first kappa shape index (κ1) is 7.16. The molecule has 62 valence electrons. The van der Waals surface area contributed by atoms with E-state index in [1.54, 1.807) is 0 Å². The maximum Gasteiger partial charge on any atom is 0.272 e. The molecule has 2 rings (SSSR count). The van der Waals surface area contributed by atoms with E-state index in [-0.39, 0.29) is 5.56 Å². The molecule has 0 aliphatic heterocycles. The van der Waals surface area contributed by atoms with Crippen LogP contribution in [0.5, 0.6) is 0 Å². The second-order valence-corrected chi connectivity index (χ2v) is 3.06. The molecule has 3 heteroatoms. The minimum absolute atomic E-state index is 0.0434. The summed E-state index contributed by atoms with van der Waals surface area (Å²) in [4.78, 5) is 17.1. The number of hydrogen-bond donors (Lipinski definition) is 2. The predicted molar refractivity (Wildman–Crippen MR) is 48.4 cm³/mol. The van der Waals surface area contributed by atoms with Crippen LogP contribution in [0.1, 0.15) is 11.4 Å². The minimum atomic E-state index is -0.0434. The Labute approximate surface area is 69.4 Å². The monoisotopic (exact) mass is 162 g/mol. The number of aromatic amines is 2. The van der Waals surface area contributed by atoms with Gasteiger partial charge < -0.3 is 9.97 Å². The Hall–Kier alpha value is -1.51. The standard InChI is InChI=1S/C9H10N2O/c1-5-3-7-4-6(2)11-9(12)8(7)10-5/h3-4,10H,1-2H3,(H,11,12). The lowest BCUT2D eigenvalue weighted by atomic mass is 10.2. The molecule has 0 bridgehead atoms. The van der Waals surface area contributed by atoms with Crippen molar-refractivity contribution in [2.45, 2.75) is 13.8 Å². The van der Waals surface area contributed by atoms with E-state index in [0.29, 0.717) is 5.52 Å². The van der Waals surface area contributed by atoms with Crippen molar-refractivity contribution in [3.63, 3.8) is 0 Å². The van der Waals surface area contributed by atoms with Crippen LogP contribution >= 0.6 is 0 Å². The summed E-state index contributed by atoms with van der Waals surface area (Å²) in [7, 11) is 0. The van der Waals surface area contributed by atoms with Gasteiger partial charge in [0.25, 0.3) is 5.56 Å². The van der Waals surface area contributed by atoms with Crippen molar-refractivity contribution >= 4 is 10.9 Å². The molecule has 0 radical (unpaired) electrons. The van der Waals surface area contributed by atoms with E-state index in [4.69, 9.17) is 0 Å². The molecular formula is C9H10N2O. The lowest BCUT2D eigenvalue weighted by molar-refractivity contribution is 1.16. The van der Waals surface area contributed by atoms with Crippen LogP contribution in [0.15, 0.2) is 16.9 Å². The van der Waals surface area contributed by atoms with Gasteiger partial charge in [-0.05, 0) is 26.0 Å². The van der Waals surface area contributed by atoms with Crippen LogP contribution in [0, 0.1) is 13.8 Å². The number of pyridine rings is 1. The average Bonchev–Trinajstić information content (AvgIpc) is 2.29. The van der Waals surface area contributed by atoms with Gasteiger partial charge in [0, 0.05) is 16.8 Å². The highest BCUT2D eigenvalue weighted by atomic mass is 16.1. The molecule has 2 N–H and O–H groups in total. The fourth-order valence-electron chi connectivity index (χ4n) is 1.42. The van der Waals surface area contributed by atoms with Crippen LogP contribution in [-0.2, 0) is 0 Å². The van der Waals surface area contributed by atoms with Crippen molar-refractivity contribution in [3.8, 4) is 0 Å². The number of aryl methyl sites for hydroxylation is 2. The van der Waals surface area contributed by atoms with E-state index < -0.39 is 0 Å². The van der Waals surface area contributed by atoms with E-state index in [0.717, 1.165) is 16.8 Å². The normalized spacial score (nSPS) is 10.8. The summed E-state index contributed by atoms with van der Waals surface area (Å²) in [6.45, 7) is 3.82. The summed E-state index contributed by atoms with van der Waals surface area (Å²) in [6, 6.07) is 3.93. The molecule has 0 aliphatic rings. The zero-order valence-corrected chi connectivity index (χ0v) is 7.06. The van der Waals surface area contributed by atoms with Gasteiger partial charge in [-0.2, -0.15) is 0 Å². The van der Waals surface area contributed by atoms with Crippen LogP contribution in [0.3, 0.4) is 0 Å². The number of rotatable bonds is 0. The van der Waals surface area contributed by atoms with Gasteiger partial charge in [-0.15, -0.1) is 0 Å². The Kier molecular flexibility index (Phi) is 1.33. The van der Waals surface area contributed by atoms with Gasteiger partial charge in [-0.3, -0.25) is 4.79 Å². The molecule has 0 amide bonds. The molecule has 0 fully saturated rings. The van der Waals surface area contributed by atoms with Gasteiger partial charge in [0.05, 0.1) is 0 Å². The summed E-state index contributed by atoms with van der Waals surface area (Å²) >= 11 is 0. The maximum atomic E-state index is 11.3. The first-order chi connectivity index (χ1) is 5.66. The first-order valence-corrected chi connectivity index (χ1v) is 3.86. The molecule has 0 spiro atoms. The molecule has 12 heavy (non-hydrogen) atoms. The SMILES string of the molecule is Cc1cc2cc(C)[nH]c2c(=O)[nH]1. The molecule has 2 aromatic rings. The van der Waals surface area contributed by atoms with Gasteiger partial charge in [0.15, 0.2) is 0 Å². The predicted octanol–water partition coefficient (Wildman–Crippen LogP) is 1.47. The number of fused-ring (bicyclic) bond motifs is 1. The van der Waals surface area contributed by atoms with Gasteiger partial charge in [-0.1, -0.05) is 0 Å². The van der Waals surface area contributed by atoms with Crippen molar-refractivity contribution in [1.82, 2.24) is 9.97 Å². The number of aromatic nitrogens is 2. The van der Waals surface area contributed by atoms with Crippen molar-refractivity contribution in [2.24, 2.45) is 0 Å². The van der Waals surface area contributed by atoms with Gasteiger partial charge in [0.2, 0.25) is 0 Å². The second-order valence-electron chi connectivity index (χ2n) is 3.06. The molecule has 2 aromatic heterocycles. The molecule has 2 heterocycles. The van der Waals surface area contributed by atoms with Gasteiger partial charge >= 0.3 is 0 Å². The molecule has 0 atom stereocenters. The summed E-state index contributed by atoms with van der Waals surface area (Å²) in [6.07, 6.45) is 0. The highest BCUT2D eigenvalue weighted by Crippen LogP contribution is 2.10. The van der Waals surface area contributed by atoms with Crippen LogP contribution < -0.4 is 5.56 Å². The lowest BCUT2D eigenvalue weighted by Crippen LogP contribution is -2.06. The minimum Gasteiger partial charge on any atom is -0.354 e. The fourth-order valence-corrected chi connectivity index (χ4v) is 1.42. The smallest absolute Gasteiger partial charge is 0.272 e. The molecule has 0 saturated heterocycles. The summed E-state index contributed by atoms with van der Waals surface area (Å²) in [5.74, 6) is 0. The Morgan fingerprint density at radius 1 is 1.08 bits per heavy atom. The fraction of sp³-hybridized carbons (Fsp3) is 0.222. The maximum absolute atomic E-state index is 11.3. The van der Waals surface area contributed by atoms with Crippen molar-refractivity contribution in [2.75, 3.05) is 0 Å². The molecule has 3 nitrogen and oxygen atoms in total. The van der Waals surface area contributed by atoms with E-state index in [1.807, 2.05) is 26.0 Å². The van der Waals surface area contributed by atoms with Crippen molar-refractivity contribution in [1.29, 1.82) is 0 Å². The quantitative estimate of drug-likeness (QED) is 0.605. The zero-order valence-electron chi connectivity index (χ0n) is 7.06. The molecule has 0 aliphatic carbocycles. The third-order valence-corrected chi connectivity index (χ3v) is 1.89. The summed E-state index contributed by atoms with van der Waals surface area (Å²) in [5, 5.41) is 0.980. The van der Waals surface area contributed by atoms with Crippen LogP contribution in [0.25, 0.3) is 10.9 Å². The highest BCUT2D eigenvalue weighted by Gasteiger charge is 2.01. The zero-order chi connectivity index (χ0) is 8.72. The summed E-state index contributed by atoms with van der Waals surface area (Å²) in [5.41, 5.74) is 2.53. The van der Waals surface area contributed by atoms with Gasteiger partial charge in [-0.25, -0.2) is 0 Å². The third kappa shape index (κ3) is 0.942. The van der Waals surface area contributed by atoms with Crippen molar-refractivity contribution < 1.29 is 0 Å². The van der Waals surface area contributed by atoms with Crippen molar-refractivity contribution in [3.05, 3.63) is 33.9 Å². The van der Waals surface area contributed by atoms with Crippen LogP contribution in [-0.4, -0.2) is 9.97 Å². The first-order valence-electron chi connectivity index (χ1n) is 3.86. The van der Waals surface area contributed by atoms with E-state index in [9.17, 15) is 4.79 Å². The Balaban J connectivity index is 2.98.